The second kappa shape index (κ2) is 9.29. The van der Waals surface area contributed by atoms with E-state index in [9.17, 15) is 27.6 Å². The largest absolute Gasteiger partial charge is 0.451 e. The van der Waals surface area contributed by atoms with Gasteiger partial charge in [-0.3, -0.25) is 9.59 Å². The summed E-state index contributed by atoms with van der Waals surface area (Å²) >= 11 is 1.36. The first-order chi connectivity index (χ1) is 14.2. The highest BCUT2D eigenvalue weighted by atomic mass is 32.1. The molecule has 0 saturated heterocycles. The van der Waals surface area contributed by atoms with Crippen LogP contribution >= 0.6 is 11.3 Å². The van der Waals surface area contributed by atoms with E-state index in [4.69, 9.17) is 4.74 Å². The maximum absolute atomic E-state index is 13.5. The Kier molecular flexibility index (Phi) is 6.76. The fourth-order valence-corrected chi connectivity index (χ4v) is 4.16. The lowest BCUT2D eigenvalue weighted by atomic mass is 9.90. The summed E-state index contributed by atoms with van der Waals surface area (Å²) in [7, 11) is 0. The molecule has 1 aliphatic carbocycles. The molecule has 2 amide bonds. The Morgan fingerprint density at radius 3 is 2.70 bits per heavy atom. The van der Waals surface area contributed by atoms with E-state index in [1.54, 1.807) is 6.07 Å². The van der Waals surface area contributed by atoms with Crippen LogP contribution in [0.5, 0.6) is 0 Å². The van der Waals surface area contributed by atoms with Gasteiger partial charge in [0.2, 0.25) is 5.91 Å². The number of amides is 2. The molecule has 1 aromatic carbocycles. The molecule has 0 saturated carbocycles. The average molecular weight is 440 g/mol. The lowest BCUT2D eigenvalue weighted by Gasteiger charge is -2.16. The third-order valence-corrected chi connectivity index (χ3v) is 5.84. The van der Waals surface area contributed by atoms with Gasteiger partial charge in [-0.05, 0) is 48.9 Å². The van der Waals surface area contributed by atoms with E-state index >= 15 is 0 Å². The number of benzene rings is 1. The van der Waals surface area contributed by atoms with Crippen LogP contribution in [0, 0.1) is 23.4 Å². The van der Waals surface area contributed by atoms with Crippen molar-refractivity contribution in [3.05, 3.63) is 51.0 Å². The third-order valence-electron chi connectivity index (χ3n) is 4.62. The van der Waals surface area contributed by atoms with Gasteiger partial charge in [0, 0.05) is 4.88 Å². The number of fused-ring (bicyclic) bond motifs is 1. The average Bonchev–Trinajstić information content (AvgIpc) is 3.14. The van der Waals surface area contributed by atoms with Crippen LogP contribution in [0.25, 0.3) is 0 Å². The minimum Gasteiger partial charge on any atom is -0.451 e. The number of esters is 1. The van der Waals surface area contributed by atoms with Gasteiger partial charge in [-0.2, -0.15) is 0 Å². The minimum absolute atomic E-state index is 0.424. The Balaban J connectivity index is 1.44. The zero-order valence-corrected chi connectivity index (χ0v) is 16.8. The molecule has 1 atom stereocenters. The van der Waals surface area contributed by atoms with Gasteiger partial charge in [0.15, 0.2) is 24.1 Å². The predicted molar refractivity (Wildman–Crippen MR) is 104 cm³/mol. The van der Waals surface area contributed by atoms with Crippen LogP contribution in [0.1, 0.15) is 33.5 Å². The summed E-state index contributed by atoms with van der Waals surface area (Å²) in [5.41, 5.74) is 0.576. The summed E-state index contributed by atoms with van der Waals surface area (Å²) in [6.07, 6.45) is 2.90. The van der Waals surface area contributed by atoms with Crippen LogP contribution in [0.4, 0.5) is 18.9 Å². The van der Waals surface area contributed by atoms with Crippen molar-refractivity contribution in [2.75, 3.05) is 18.5 Å². The number of hydrogen-bond donors (Lipinski definition) is 2. The first-order valence-electron chi connectivity index (χ1n) is 9.23. The molecule has 0 spiro atoms. The molecule has 0 aliphatic heterocycles. The van der Waals surface area contributed by atoms with Crippen molar-refractivity contribution in [1.82, 2.24) is 5.32 Å². The van der Waals surface area contributed by atoms with Gasteiger partial charge in [-0.25, -0.2) is 18.0 Å². The Bertz CT molecular complexity index is 993. The Morgan fingerprint density at radius 1 is 1.17 bits per heavy atom. The first-order valence-corrected chi connectivity index (χ1v) is 10.0. The van der Waals surface area contributed by atoms with Crippen LogP contribution < -0.4 is 10.6 Å². The van der Waals surface area contributed by atoms with Gasteiger partial charge in [0.05, 0.1) is 12.2 Å². The molecule has 2 aromatic rings. The second-order valence-electron chi connectivity index (χ2n) is 7.03. The third kappa shape index (κ3) is 5.18. The fraction of sp³-hybridized carbons (Fsp3) is 0.350. The minimum atomic E-state index is -1.71. The van der Waals surface area contributed by atoms with Crippen molar-refractivity contribution >= 4 is 34.8 Å². The Labute approximate surface area is 174 Å². The van der Waals surface area contributed by atoms with Crippen LogP contribution in [-0.2, 0) is 27.2 Å². The number of carbonyl (C=O) groups excluding carboxylic acids is 3. The van der Waals surface area contributed by atoms with Crippen molar-refractivity contribution in [1.29, 1.82) is 0 Å². The molecule has 30 heavy (non-hydrogen) atoms. The summed E-state index contributed by atoms with van der Waals surface area (Å²) in [5.74, 6) is -6.30. The standard InChI is InChI=1S/C20H19F3N2O4S/c1-10-2-5-14-11(6-10)7-15(30-14)20(28)29-9-17(27)24-8-16(26)25-13-4-3-12(21)18(22)19(13)23/h3-4,7,10H,2,5-6,8-9H2,1H3,(H,24,27)(H,25,26)/t10-/m0/s1. The van der Waals surface area contributed by atoms with Gasteiger partial charge in [-0.1, -0.05) is 6.92 Å². The highest BCUT2D eigenvalue weighted by Crippen LogP contribution is 2.32. The molecule has 0 fully saturated rings. The maximum Gasteiger partial charge on any atom is 0.348 e. The van der Waals surface area contributed by atoms with E-state index in [0.717, 1.165) is 35.8 Å². The normalized spacial score (nSPS) is 15.3. The van der Waals surface area contributed by atoms with E-state index < -0.39 is 54.1 Å². The Hall–Kier alpha value is -2.88. The molecule has 3 rings (SSSR count). The molecule has 2 N–H and O–H groups in total. The Morgan fingerprint density at radius 2 is 1.93 bits per heavy atom. The van der Waals surface area contributed by atoms with Crippen molar-refractivity contribution in [3.8, 4) is 0 Å². The topological polar surface area (TPSA) is 84.5 Å². The number of thiophene rings is 1. The summed E-state index contributed by atoms with van der Waals surface area (Å²) in [6, 6.07) is 3.31. The number of rotatable bonds is 6. The monoisotopic (exact) mass is 440 g/mol. The summed E-state index contributed by atoms with van der Waals surface area (Å²) in [4.78, 5) is 37.3. The van der Waals surface area contributed by atoms with Crippen LogP contribution in [0.15, 0.2) is 18.2 Å². The van der Waals surface area contributed by atoms with E-state index in [1.165, 1.54) is 11.3 Å². The van der Waals surface area contributed by atoms with Gasteiger partial charge >= 0.3 is 5.97 Å². The summed E-state index contributed by atoms with van der Waals surface area (Å²) in [5, 5.41) is 4.21. The van der Waals surface area contributed by atoms with Crippen molar-refractivity contribution in [3.63, 3.8) is 0 Å². The highest BCUT2D eigenvalue weighted by Gasteiger charge is 2.22. The van der Waals surface area contributed by atoms with E-state index in [-0.39, 0.29) is 0 Å². The van der Waals surface area contributed by atoms with Crippen LogP contribution in [0.3, 0.4) is 0 Å². The molecule has 0 unspecified atom stereocenters. The van der Waals surface area contributed by atoms with Crippen molar-refractivity contribution in [2.24, 2.45) is 5.92 Å². The quantitative estimate of drug-likeness (QED) is 0.534. The highest BCUT2D eigenvalue weighted by molar-refractivity contribution is 7.14. The van der Waals surface area contributed by atoms with E-state index in [1.807, 2.05) is 5.32 Å². The van der Waals surface area contributed by atoms with Gasteiger partial charge in [0.1, 0.15) is 4.88 Å². The molecular formula is C20H19F3N2O4S. The van der Waals surface area contributed by atoms with Crippen molar-refractivity contribution < 1.29 is 32.3 Å². The molecule has 160 valence electrons. The molecule has 0 bridgehead atoms. The first kappa shape index (κ1) is 21.8. The second-order valence-corrected chi connectivity index (χ2v) is 8.17. The number of halogens is 3. The molecule has 0 radical (unpaired) electrons. The van der Waals surface area contributed by atoms with Gasteiger partial charge < -0.3 is 15.4 Å². The van der Waals surface area contributed by atoms with Gasteiger partial charge in [0.25, 0.3) is 5.91 Å². The number of ether oxygens (including phenoxy) is 1. The molecule has 1 heterocycles. The lowest BCUT2D eigenvalue weighted by molar-refractivity contribution is -0.126. The number of nitrogens with one attached hydrogen (secondary N) is 2. The molecular weight excluding hydrogens is 421 g/mol. The molecule has 6 nitrogen and oxygen atoms in total. The molecule has 1 aromatic heterocycles. The lowest BCUT2D eigenvalue weighted by Crippen LogP contribution is -2.35. The van der Waals surface area contributed by atoms with Crippen molar-refractivity contribution in [2.45, 2.75) is 26.2 Å². The predicted octanol–water partition coefficient (Wildman–Crippen LogP) is 3.20. The van der Waals surface area contributed by atoms with Crippen LogP contribution in [-0.4, -0.2) is 30.9 Å². The zero-order chi connectivity index (χ0) is 21.8. The van der Waals surface area contributed by atoms with E-state index in [2.05, 4.69) is 12.2 Å². The van der Waals surface area contributed by atoms with Gasteiger partial charge in [-0.15, -0.1) is 11.3 Å². The van der Waals surface area contributed by atoms with Crippen LogP contribution in [0.2, 0.25) is 0 Å². The number of anilines is 1. The molecule has 10 heteroatoms. The number of aryl methyl sites for hydroxylation is 1. The maximum atomic E-state index is 13.5. The summed E-state index contributed by atoms with van der Waals surface area (Å²) in [6.45, 7) is 0.991. The van der Waals surface area contributed by atoms with E-state index in [0.29, 0.717) is 16.9 Å². The smallest absolute Gasteiger partial charge is 0.348 e. The molecule has 1 aliphatic rings. The number of hydrogen-bond acceptors (Lipinski definition) is 5. The fourth-order valence-electron chi connectivity index (χ4n) is 3.06. The SMILES string of the molecule is C[C@H]1CCc2sc(C(=O)OCC(=O)NCC(=O)Nc3ccc(F)c(F)c3F)cc2C1. The summed E-state index contributed by atoms with van der Waals surface area (Å²) < 4.78 is 44.5. The zero-order valence-electron chi connectivity index (χ0n) is 16.0. The number of carbonyl (C=O) groups is 3.